The molecule has 0 bridgehead atoms. The molecule has 2 aliphatic rings. The van der Waals surface area contributed by atoms with Crippen LogP contribution >= 0.6 is 0 Å². The van der Waals surface area contributed by atoms with Crippen LogP contribution in [0.25, 0.3) is 6.08 Å². The number of hydrogen-bond acceptors (Lipinski definition) is 8. The summed E-state index contributed by atoms with van der Waals surface area (Å²) in [7, 11) is 4.08. The van der Waals surface area contributed by atoms with Gasteiger partial charge in [-0.25, -0.2) is 5.43 Å². The lowest BCUT2D eigenvalue weighted by molar-refractivity contribution is 0.556. The van der Waals surface area contributed by atoms with Crippen LogP contribution in [0, 0.1) is 0 Å². The lowest BCUT2D eigenvalue weighted by Crippen LogP contribution is -2.34. The molecular weight excluding hydrogens is 400 g/mol. The number of nitrogens with one attached hydrogen (secondary N) is 1. The fraction of sp³-hybridized carbons (Fsp3) is 0.500. The number of nitrogens with zero attached hydrogens (tertiary/aromatic N) is 7. The minimum atomic E-state index is 0.501. The van der Waals surface area contributed by atoms with Gasteiger partial charge in [-0.3, -0.25) is 0 Å². The number of rotatable bonds is 7. The van der Waals surface area contributed by atoms with E-state index in [1.54, 1.807) is 6.21 Å². The molecule has 0 aliphatic carbocycles. The molecule has 32 heavy (non-hydrogen) atoms. The standard InChI is InChI=1S/C24H34N8/c1-30(2)21-13-11-20(12-14-21)10-9-15-25-29-22-26-23(31-16-5-3-6-17-31)28-24(27-22)32-18-7-4-8-19-32/h9-15H,3-8,16-19H2,1-2H3,(H,26,27,28,29)/b10-9+,25-15-. The average Bonchev–Trinajstić information content (AvgIpc) is 2.85. The molecule has 170 valence electrons. The molecular formula is C24H34N8. The van der Waals surface area contributed by atoms with Crippen molar-refractivity contribution in [3.8, 4) is 0 Å². The van der Waals surface area contributed by atoms with Crippen LogP contribution in [0.15, 0.2) is 35.4 Å². The van der Waals surface area contributed by atoms with Crippen LogP contribution in [0.2, 0.25) is 0 Å². The van der Waals surface area contributed by atoms with E-state index in [2.05, 4.69) is 59.5 Å². The van der Waals surface area contributed by atoms with E-state index in [-0.39, 0.29) is 0 Å². The van der Waals surface area contributed by atoms with Crippen molar-refractivity contribution in [1.29, 1.82) is 0 Å². The first-order chi connectivity index (χ1) is 15.7. The molecule has 0 unspecified atom stereocenters. The molecule has 0 atom stereocenters. The fourth-order valence-electron chi connectivity index (χ4n) is 4.05. The minimum absolute atomic E-state index is 0.501. The molecule has 0 saturated carbocycles. The Labute approximate surface area is 191 Å². The van der Waals surface area contributed by atoms with E-state index >= 15 is 0 Å². The lowest BCUT2D eigenvalue weighted by Gasteiger charge is -2.30. The van der Waals surface area contributed by atoms with Gasteiger partial charge in [0.15, 0.2) is 0 Å². The van der Waals surface area contributed by atoms with Gasteiger partial charge in [0, 0.05) is 52.2 Å². The monoisotopic (exact) mass is 434 g/mol. The highest BCUT2D eigenvalue weighted by Gasteiger charge is 2.20. The maximum Gasteiger partial charge on any atom is 0.250 e. The molecule has 8 nitrogen and oxygen atoms in total. The Morgan fingerprint density at radius 3 is 1.91 bits per heavy atom. The van der Waals surface area contributed by atoms with Crippen molar-refractivity contribution in [3.63, 3.8) is 0 Å². The van der Waals surface area contributed by atoms with Gasteiger partial charge < -0.3 is 14.7 Å². The Morgan fingerprint density at radius 2 is 1.38 bits per heavy atom. The van der Waals surface area contributed by atoms with Crippen LogP contribution in [-0.2, 0) is 0 Å². The molecule has 0 radical (unpaired) electrons. The van der Waals surface area contributed by atoms with Crippen LogP contribution in [0.1, 0.15) is 44.1 Å². The van der Waals surface area contributed by atoms with Crippen molar-refractivity contribution >= 4 is 35.8 Å². The van der Waals surface area contributed by atoms with Crippen molar-refractivity contribution in [2.75, 3.05) is 60.4 Å². The number of anilines is 4. The quantitative estimate of drug-likeness (QED) is 0.521. The molecule has 0 amide bonds. The van der Waals surface area contributed by atoms with Crippen molar-refractivity contribution in [1.82, 2.24) is 15.0 Å². The SMILES string of the molecule is CN(C)c1ccc(/C=C/C=N\Nc2nc(N3CCCCC3)nc(N3CCCCC3)n2)cc1. The van der Waals surface area contributed by atoms with E-state index in [0.29, 0.717) is 5.95 Å². The first-order valence-electron chi connectivity index (χ1n) is 11.7. The van der Waals surface area contributed by atoms with E-state index in [1.165, 1.54) is 44.2 Å². The topological polar surface area (TPSA) is 72.8 Å². The number of benzene rings is 1. The first-order valence-corrected chi connectivity index (χ1v) is 11.7. The summed E-state index contributed by atoms with van der Waals surface area (Å²) in [5, 5.41) is 4.32. The maximum atomic E-state index is 4.80. The molecule has 1 aromatic heterocycles. The predicted molar refractivity (Wildman–Crippen MR) is 134 cm³/mol. The molecule has 2 saturated heterocycles. The summed E-state index contributed by atoms with van der Waals surface area (Å²) in [6, 6.07) is 8.39. The fourth-order valence-corrected chi connectivity index (χ4v) is 4.05. The average molecular weight is 435 g/mol. The highest BCUT2D eigenvalue weighted by Crippen LogP contribution is 2.22. The van der Waals surface area contributed by atoms with Crippen LogP contribution < -0.4 is 20.1 Å². The third kappa shape index (κ3) is 5.96. The van der Waals surface area contributed by atoms with Gasteiger partial charge in [-0.1, -0.05) is 18.2 Å². The van der Waals surface area contributed by atoms with Gasteiger partial charge in [0.2, 0.25) is 17.8 Å². The summed E-state index contributed by atoms with van der Waals surface area (Å²) in [5.41, 5.74) is 5.32. The zero-order valence-corrected chi connectivity index (χ0v) is 19.2. The molecule has 0 spiro atoms. The van der Waals surface area contributed by atoms with E-state index < -0.39 is 0 Å². The highest BCUT2D eigenvalue weighted by atomic mass is 15.4. The number of hydrazone groups is 1. The summed E-state index contributed by atoms with van der Waals surface area (Å²) < 4.78 is 0. The number of aromatic nitrogens is 3. The lowest BCUT2D eigenvalue weighted by atomic mass is 10.1. The number of hydrogen-bond donors (Lipinski definition) is 1. The molecule has 1 aromatic carbocycles. The largest absolute Gasteiger partial charge is 0.378 e. The van der Waals surface area contributed by atoms with Gasteiger partial charge in [0.25, 0.3) is 0 Å². The summed E-state index contributed by atoms with van der Waals surface area (Å²) >= 11 is 0. The van der Waals surface area contributed by atoms with Crippen LogP contribution in [0.4, 0.5) is 23.5 Å². The Balaban J connectivity index is 1.44. The molecule has 2 aliphatic heterocycles. The zero-order valence-electron chi connectivity index (χ0n) is 19.2. The molecule has 2 aromatic rings. The molecule has 1 N–H and O–H groups in total. The number of piperidine rings is 2. The van der Waals surface area contributed by atoms with E-state index in [0.717, 1.165) is 43.6 Å². The van der Waals surface area contributed by atoms with Gasteiger partial charge in [0.1, 0.15) is 0 Å². The molecule has 2 fully saturated rings. The van der Waals surface area contributed by atoms with Crippen molar-refractivity contribution in [2.24, 2.45) is 5.10 Å². The van der Waals surface area contributed by atoms with E-state index in [1.807, 2.05) is 26.2 Å². The van der Waals surface area contributed by atoms with E-state index in [9.17, 15) is 0 Å². The minimum Gasteiger partial charge on any atom is -0.378 e. The number of allylic oxidation sites excluding steroid dienone is 1. The van der Waals surface area contributed by atoms with Crippen molar-refractivity contribution in [2.45, 2.75) is 38.5 Å². The Kier molecular flexibility index (Phi) is 7.53. The predicted octanol–water partition coefficient (Wildman–Crippen LogP) is 4.03. The zero-order chi connectivity index (χ0) is 22.2. The normalized spacial score (nSPS) is 17.3. The van der Waals surface area contributed by atoms with Crippen LogP contribution in [0.5, 0.6) is 0 Å². The molecule has 4 rings (SSSR count). The second-order valence-electron chi connectivity index (χ2n) is 8.59. The first kappa shape index (κ1) is 22.0. The Bertz CT molecular complexity index is 874. The van der Waals surface area contributed by atoms with Crippen molar-refractivity contribution < 1.29 is 0 Å². The Morgan fingerprint density at radius 1 is 0.812 bits per heavy atom. The van der Waals surface area contributed by atoms with E-state index in [4.69, 9.17) is 4.98 Å². The summed E-state index contributed by atoms with van der Waals surface area (Å²) in [6.45, 7) is 4.01. The van der Waals surface area contributed by atoms with Crippen molar-refractivity contribution in [3.05, 3.63) is 35.9 Å². The molecule has 3 heterocycles. The van der Waals surface area contributed by atoms with Crippen LogP contribution in [-0.4, -0.2) is 61.4 Å². The van der Waals surface area contributed by atoms with Gasteiger partial charge in [0.05, 0.1) is 0 Å². The van der Waals surface area contributed by atoms with Gasteiger partial charge >= 0.3 is 0 Å². The smallest absolute Gasteiger partial charge is 0.250 e. The second kappa shape index (κ2) is 10.9. The summed E-state index contributed by atoms with van der Waals surface area (Å²) in [5.74, 6) is 2.02. The van der Waals surface area contributed by atoms with Gasteiger partial charge in [-0.2, -0.15) is 20.1 Å². The van der Waals surface area contributed by atoms with Gasteiger partial charge in [-0.15, -0.1) is 0 Å². The second-order valence-corrected chi connectivity index (χ2v) is 8.59. The Hall–Kier alpha value is -3.16. The van der Waals surface area contributed by atoms with Gasteiger partial charge in [-0.05, 0) is 62.3 Å². The third-order valence-corrected chi connectivity index (χ3v) is 5.91. The summed E-state index contributed by atoms with van der Waals surface area (Å²) in [4.78, 5) is 20.7. The molecule has 8 heteroatoms. The third-order valence-electron chi connectivity index (χ3n) is 5.91. The highest BCUT2D eigenvalue weighted by molar-refractivity contribution is 5.78. The maximum absolute atomic E-state index is 4.80. The summed E-state index contributed by atoms with van der Waals surface area (Å²) in [6.07, 6.45) is 13.0. The van der Waals surface area contributed by atoms with Crippen LogP contribution in [0.3, 0.4) is 0 Å².